The number of thiophene rings is 1. The van der Waals surface area contributed by atoms with Gasteiger partial charge in [-0.05, 0) is 34.1 Å². The second kappa shape index (κ2) is 6.89. The van der Waals surface area contributed by atoms with Gasteiger partial charge in [-0.2, -0.15) is 0 Å². The summed E-state index contributed by atoms with van der Waals surface area (Å²) in [5, 5.41) is 13.7. The van der Waals surface area contributed by atoms with E-state index in [2.05, 4.69) is 21.2 Å². The first-order chi connectivity index (χ1) is 10.4. The number of amides is 1. The smallest absolute Gasteiger partial charge is 0.270 e. The molecule has 1 aromatic carbocycles. The molecule has 0 spiro atoms. The van der Waals surface area contributed by atoms with E-state index in [1.54, 1.807) is 25.1 Å². The molecule has 0 aliphatic heterocycles. The minimum atomic E-state index is -0.507. The molecule has 0 radical (unpaired) electrons. The number of nitrogens with one attached hydrogen (secondary N) is 1. The lowest BCUT2D eigenvalue weighted by Crippen LogP contribution is -2.25. The molecule has 0 atom stereocenters. The molecule has 2 rings (SSSR count). The van der Waals surface area contributed by atoms with Crippen molar-refractivity contribution in [3.05, 3.63) is 54.7 Å². The first-order valence-corrected chi connectivity index (χ1v) is 7.97. The molecule has 0 fully saturated rings. The Labute approximate surface area is 140 Å². The summed E-state index contributed by atoms with van der Waals surface area (Å²) in [4.78, 5) is 25.5. The highest BCUT2D eigenvalue weighted by Gasteiger charge is 2.17. The SMILES string of the molecule is CN(C)c1ccc([N+](=O)[O-])cc1C(=O)NCc1ccc(Br)s1. The van der Waals surface area contributed by atoms with E-state index in [9.17, 15) is 14.9 Å². The fourth-order valence-corrected chi connectivity index (χ4v) is 3.34. The Kier molecular flexibility index (Phi) is 5.15. The number of halogens is 1. The molecule has 1 amide bonds. The summed E-state index contributed by atoms with van der Waals surface area (Å²) in [6.45, 7) is 0.380. The highest BCUT2D eigenvalue weighted by Crippen LogP contribution is 2.25. The number of nitro groups is 1. The summed E-state index contributed by atoms with van der Waals surface area (Å²) >= 11 is 4.89. The lowest BCUT2D eigenvalue weighted by molar-refractivity contribution is -0.384. The minimum Gasteiger partial charge on any atom is -0.377 e. The van der Waals surface area contributed by atoms with Gasteiger partial charge in [-0.25, -0.2) is 0 Å². The molecular formula is C14H14BrN3O3S. The summed E-state index contributed by atoms with van der Waals surface area (Å²) in [6.07, 6.45) is 0. The van der Waals surface area contributed by atoms with Gasteiger partial charge in [0, 0.05) is 36.8 Å². The fourth-order valence-electron chi connectivity index (χ4n) is 1.92. The van der Waals surface area contributed by atoms with Crippen LogP contribution >= 0.6 is 27.3 Å². The predicted molar refractivity (Wildman–Crippen MR) is 90.6 cm³/mol. The summed E-state index contributed by atoms with van der Waals surface area (Å²) in [7, 11) is 3.57. The van der Waals surface area contributed by atoms with Crippen LogP contribution in [0.1, 0.15) is 15.2 Å². The van der Waals surface area contributed by atoms with Crippen molar-refractivity contribution in [1.29, 1.82) is 0 Å². The van der Waals surface area contributed by atoms with Gasteiger partial charge in [-0.15, -0.1) is 11.3 Å². The summed E-state index contributed by atoms with van der Waals surface area (Å²) in [5.41, 5.74) is 0.819. The third-order valence-electron chi connectivity index (χ3n) is 2.97. The molecule has 1 aromatic heterocycles. The average molecular weight is 384 g/mol. The van der Waals surface area contributed by atoms with Crippen molar-refractivity contribution < 1.29 is 9.72 Å². The van der Waals surface area contributed by atoms with Gasteiger partial charge in [0.25, 0.3) is 11.6 Å². The Bertz CT molecular complexity index is 715. The third-order valence-corrected chi connectivity index (χ3v) is 4.59. The van der Waals surface area contributed by atoms with Crippen molar-refractivity contribution in [1.82, 2.24) is 5.32 Å². The summed E-state index contributed by atoms with van der Waals surface area (Å²) < 4.78 is 0.987. The number of rotatable bonds is 5. The number of carbonyl (C=O) groups excluding carboxylic acids is 1. The molecular weight excluding hydrogens is 370 g/mol. The van der Waals surface area contributed by atoms with Crippen LogP contribution in [0.2, 0.25) is 0 Å². The zero-order valence-corrected chi connectivity index (χ0v) is 14.4. The van der Waals surface area contributed by atoms with Gasteiger partial charge in [0.2, 0.25) is 0 Å². The molecule has 2 aromatic rings. The van der Waals surface area contributed by atoms with Gasteiger partial charge in [0.05, 0.1) is 20.8 Å². The highest BCUT2D eigenvalue weighted by molar-refractivity contribution is 9.11. The number of anilines is 1. The van der Waals surface area contributed by atoms with Crippen molar-refractivity contribution in [2.24, 2.45) is 0 Å². The van der Waals surface area contributed by atoms with E-state index in [1.165, 1.54) is 23.5 Å². The van der Waals surface area contributed by atoms with Gasteiger partial charge < -0.3 is 10.2 Å². The van der Waals surface area contributed by atoms with Crippen molar-refractivity contribution in [3.63, 3.8) is 0 Å². The Morgan fingerprint density at radius 2 is 2.09 bits per heavy atom. The van der Waals surface area contributed by atoms with E-state index < -0.39 is 4.92 Å². The van der Waals surface area contributed by atoms with Crippen molar-refractivity contribution in [2.45, 2.75) is 6.54 Å². The van der Waals surface area contributed by atoms with Gasteiger partial charge in [0.1, 0.15) is 0 Å². The van der Waals surface area contributed by atoms with E-state index in [0.29, 0.717) is 12.2 Å². The second-order valence-corrected chi connectivity index (χ2v) is 7.29. The van der Waals surface area contributed by atoms with Crippen LogP contribution in [0.3, 0.4) is 0 Å². The normalized spacial score (nSPS) is 10.3. The van der Waals surface area contributed by atoms with Crippen molar-refractivity contribution in [2.75, 3.05) is 19.0 Å². The van der Waals surface area contributed by atoms with E-state index in [-0.39, 0.29) is 17.2 Å². The Balaban J connectivity index is 2.22. The van der Waals surface area contributed by atoms with Crippen LogP contribution in [0.5, 0.6) is 0 Å². The monoisotopic (exact) mass is 383 g/mol. The van der Waals surface area contributed by atoms with Crippen LogP contribution in [-0.4, -0.2) is 24.9 Å². The van der Waals surface area contributed by atoms with Crippen molar-refractivity contribution >= 4 is 44.5 Å². The number of nitrogens with zero attached hydrogens (tertiary/aromatic N) is 2. The molecule has 0 saturated carbocycles. The quantitative estimate of drug-likeness (QED) is 0.633. The molecule has 22 heavy (non-hydrogen) atoms. The number of nitro benzene ring substituents is 1. The summed E-state index contributed by atoms with van der Waals surface area (Å²) in [6, 6.07) is 8.09. The molecule has 6 nitrogen and oxygen atoms in total. The first-order valence-electron chi connectivity index (χ1n) is 6.36. The second-order valence-electron chi connectivity index (χ2n) is 4.74. The number of non-ortho nitro benzene ring substituents is 1. The van der Waals surface area contributed by atoms with Crippen LogP contribution < -0.4 is 10.2 Å². The van der Waals surface area contributed by atoms with E-state index in [0.717, 1.165) is 8.66 Å². The standard InChI is InChI=1S/C14H14BrN3O3S/c1-17(2)12-5-3-9(18(20)21)7-11(12)14(19)16-8-10-4-6-13(15)22-10/h3-7H,8H2,1-2H3,(H,16,19). The average Bonchev–Trinajstić information content (AvgIpc) is 2.89. The largest absolute Gasteiger partial charge is 0.377 e. The van der Waals surface area contributed by atoms with Crippen LogP contribution in [0.15, 0.2) is 34.1 Å². The molecule has 1 N–H and O–H groups in total. The van der Waals surface area contributed by atoms with Crippen LogP contribution in [0, 0.1) is 10.1 Å². The number of hydrogen-bond donors (Lipinski definition) is 1. The van der Waals surface area contributed by atoms with E-state index in [4.69, 9.17) is 0 Å². The van der Waals surface area contributed by atoms with Gasteiger partial charge in [-0.3, -0.25) is 14.9 Å². The molecule has 0 saturated heterocycles. The molecule has 0 aliphatic rings. The van der Waals surface area contributed by atoms with Gasteiger partial charge in [0.15, 0.2) is 0 Å². The number of carbonyl (C=O) groups is 1. The topological polar surface area (TPSA) is 75.5 Å². The van der Waals surface area contributed by atoms with Gasteiger partial charge in [-0.1, -0.05) is 0 Å². The lowest BCUT2D eigenvalue weighted by atomic mass is 10.1. The summed E-state index contributed by atoms with van der Waals surface area (Å²) in [5.74, 6) is -0.336. The minimum absolute atomic E-state index is 0.102. The molecule has 0 unspecified atom stereocenters. The number of hydrogen-bond acceptors (Lipinski definition) is 5. The lowest BCUT2D eigenvalue weighted by Gasteiger charge is -2.16. The first kappa shape index (κ1) is 16.4. The zero-order valence-electron chi connectivity index (χ0n) is 12.0. The van der Waals surface area contributed by atoms with Gasteiger partial charge >= 0.3 is 0 Å². The maximum Gasteiger partial charge on any atom is 0.270 e. The molecule has 1 heterocycles. The van der Waals surface area contributed by atoms with E-state index >= 15 is 0 Å². The number of benzene rings is 1. The maximum absolute atomic E-state index is 12.4. The van der Waals surface area contributed by atoms with Crippen molar-refractivity contribution in [3.8, 4) is 0 Å². The molecule has 8 heteroatoms. The third kappa shape index (κ3) is 3.83. The Morgan fingerprint density at radius 3 is 2.64 bits per heavy atom. The predicted octanol–water partition coefficient (Wildman–Crippen LogP) is 3.41. The van der Waals surface area contributed by atoms with Crippen LogP contribution in [0.25, 0.3) is 0 Å². The Hall–Kier alpha value is -1.93. The fraction of sp³-hybridized carbons (Fsp3) is 0.214. The molecule has 0 bridgehead atoms. The van der Waals surface area contributed by atoms with Crippen LogP contribution in [-0.2, 0) is 6.54 Å². The van der Waals surface area contributed by atoms with Crippen LogP contribution in [0.4, 0.5) is 11.4 Å². The molecule has 0 aliphatic carbocycles. The van der Waals surface area contributed by atoms with E-state index in [1.807, 2.05) is 12.1 Å². The maximum atomic E-state index is 12.4. The highest BCUT2D eigenvalue weighted by atomic mass is 79.9. The zero-order chi connectivity index (χ0) is 16.3. The Morgan fingerprint density at radius 1 is 1.36 bits per heavy atom. The molecule has 116 valence electrons.